The Hall–Kier alpha value is -3.43. The third-order valence-corrected chi connectivity index (χ3v) is 6.58. The standard InChI is InChI=1S/C26H35FN6O3/c1-5-14-36-22-7-6-19(15-21(22)27)8-9-28-24-20-16-33(17(2)3)25(35)23(20)29-26(30-24)32-12-10-31(11-13-32)18(4)34/h6-7,15,17H,5,8-14,16H2,1-4H3,(H,28,29,30). The van der Waals surface area contributed by atoms with Crippen molar-refractivity contribution in [2.24, 2.45) is 0 Å². The Labute approximate surface area is 211 Å². The van der Waals surface area contributed by atoms with Crippen LogP contribution in [0.5, 0.6) is 5.75 Å². The van der Waals surface area contributed by atoms with E-state index in [1.807, 2.05) is 31.7 Å². The summed E-state index contributed by atoms with van der Waals surface area (Å²) in [4.78, 5) is 39.8. The highest BCUT2D eigenvalue weighted by Crippen LogP contribution is 2.31. The zero-order chi connectivity index (χ0) is 25.8. The molecular weight excluding hydrogens is 463 g/mol. The second-order valence-corrected chi connectivity index (χ2v) is 9.51. The first kappa shape index (κ1) is 25.7. The summed E-state index contributed by atoms with van der Waals surface area (Å²) in [5.41, 5.74) is 2.05. The van der Waals surface area contributed by atoms with Gasteiger partial charge in [0, 0.05) is 51.3 Å². The van der Waals surface area contributed by atoms with Crippen LogP contribution in [0.25, 0.3) is 0 Å². The molecule has 10 heteroatoms. The maximum absolute atomic E-state index is 14.4. The fourth-order valence-corrected chi connectivity index (χ4v) is 4.46. The molecule has 1 aromatic heterocycles. The van der Waals surface area contributed by atoms with Crippen LogP contribution >= 0.6 is 0 Å². The van der Waals surface area contributed by atoms with Gasteiger partial charge in [-0.25, -0.2) is 9.37 Å². The van der Waals surface area contributed by atoms with E-state index in [1.54, 1.807) is 22.8 Å². The highest BCUT2D eigenvalue weighted by atomic mass is 19.1. The molecule has 2 amide bonds. The minimum atomic E-state index is -0.367. The Morgan fingerprint density at radius 1 is 1.19 bits per heavy atom. The monoisotopic (exact) mass is 498 g/mol. The van der Waals surface area contributed by atoms with E-state index in [4.69, 9.17) is 9.72 Å². The summed E-state index contributed by atoms with van der Waals surface area (Å²) in [5, 5.41) is 3.37. The topological polar surface area (TPSA) is 90.9 Å². The number of nitrogens with one attached hydrogen (secondary N) is 1. The number of nitrogens with zero attached hydrogens (tertiary/aromatic N) is 5. The molecule has 1 fully saturated rings. The summed E-state index contributed by atoms with van der Waals surface area (Å²) in [6.45, 7) is 11.3. The highest BCUT2D eigenvalue weighted by Gasteiger charge is 2.35. The van der Waals surface area contributed by atoms with Crippen molar-refractivity contribution in [2.75, 3.05) is 49.5 Å². The minimum Gasteiger partial charge on any atom is -0.491 e. The lowest BCUT2D eigenvalue weighted by Gasteiger charge is -2.34. The van der Waals surface area contributed by atoms with E-state index in [0.29, 0.717) is 69.8 Å². The Morgan fingerprint density at radius 3 is 2.58 bits per heavy atom. The van der Waals surface area contributed by atoms with Crippen LogP contribution in [-0.4, -0.2) is 77.0 Å². The predicted octanol–water partition coefficient (Wildman–Crippen LogP) is 3.09. The Balaban J connectivity index is 1.51. The third kappa shape index (κ3) is 5.52. The van der Waals surface area contributed by atoms with Gasteiger partial charge < -0.3 is 24.8 Å². The second-order valence-electron chi connectivity index (χ2n) is 9.51. The van der Waals surface area contributed by atoms with Gasteiger partial charge in [0.1, 0.15) is 11.5 Å². The molecule has 0 unspecified atom stereocenters. The zero-order valence-electron chi connectivity index (χ0n) is 21.5. The molecule has 1 N–H and O–H groups in total. The van der Waals surface area contributed by atoms with Crippen molar-refractivity contribution in [2.45, 2.75) is 53.1 Å². The fraction of sp³-hybridized carbons (Fsp3) is 0.538. The number of hydrogen-bond donors (Lipinski definition) is 1. The number of halogens is 1. The molecule has 0 spiro atoms. The van der Waals surface area contributed by atoms with E-state index < -0.39 is 0 Å². The van der Waals surface area contributed by atoms with Crippen molar-refractivity contribution in [3.63, 3.8) is 0 Å². The average molecular weight is 499 g/mol. The van der Waals surface area contributed by atoms with Crippen molar-refractivity contribution in [1.82, 2.24) is 19.8 Å². The highest BCUT2D eigenvalue weighted by molar-refractivity contribution is 5.98. The summed E-state index contributed by atoms with van der Waals surface area (Å²) in [6.07, 6.45) is 1.40. The van der Waals surface area contributed by atoms with E-state index in [0.717, 1.165) is 17.5 Å². The van der Waals surface area contributed by atoms with Gasteiger partial charge >= 0.3 is 0 Å². The molecule has 0 saturated carbocycles. The van der Waals surface area contributed by atoms with E-state index in [-0.39, 0.29) is 29.4 Å². The van der Waals surface area contributed by atoms with E-state index in [9.17, 15) is 14.0 Å². The van der Waals surface area contributed by atoms with Gasteiger partial charge in [-0.05, 0) is 44.4 Å². The van der Waals surface area contributed by atoms with Gasteiger partial charge in [0.2, 0.25) is 11.9 Å². The second kappa shape index (κ2) is 11.1. The normalized spacial score (nSPS) is 15.5. The molecule has 194 valence electrons. The SMILES string of the molecule is CCCOc1ccc(CCNc2nc(N3CCN(C(C)=O)CC3)nc3c2CN(C(C)C)C3=O)cc1F. The lowest BCUT2D eigenvalue weighted by molar-refractivity contribution is -0.129. The number of anilines is 2. The van der Waals surface area contributed by atoms with Crippen LogP contribution in [0.15, 0.2) is 18.2 Å². The van der Waals surface area contributed by atoms with Crippen molar-refractivity contribution < 1.29 is 18.7 Å². The first-order chi connectivity index (χ1) is 17.3. The van der Waals surface area contributed by atoms with Crippen LogP contribution in [0, 0.1) is 5.82 Å². The number of carbonyl (C=O) groups excluding carboxylic acids is 2. The number of fused-ring (bicyclic) bond motifs is 1. The molecule has 0 aliphatic carbocycles. The maximum Gasteiger partial charge on any atom is 0.273 e. The van der Waals surface area contributed by atoms with Crippen LogP contribution in [0.2, 0.25) is 0 Å². The molecule has 1 saturated heterocycles. The number of hydrogen-bond acceptors (Lipinski definition) is 7. The molecule has 2 aliphatic rings. The van der Waals surface area contributed by atoms with Gasteiger partial charge in [-0.15, -0.1) is 0 Å². The molecule has 0 radical (unpaired) electrons. The van der Waals surface area contributed by atoms with Gasteiger partial charge in [-0.3, -0.25) is 9.59 Å². The summed E-state index contributed by atoms with van der Waals surface area (Å²) in [6, 6.07) is 5.07. The number of benzene rings is 1. The summed E-state index contributed by atoms with van der Waals surface area (Å²) in [5.74, 6) is 0.971. The number of aromatic nitrogens is 2. The van der Waals surface area contributed by atoms with Gasteiger partial charge in [0.05, 0.1) is 13.2 Å². The Bertz CT molecular complexity index is 1120. The molecule has 9 nitrogen and oxygen atoms in total. The Kier molecular flexibility index (Phi) is 7.91. The summed E-state index contributed by atoms with van der Waals surface area (Å²) < 4.78 is 19.8. The van der Waals surface area contributed by atoms with E-state index in [2.05, 4.69) is 10.3 Å². The molecule has 36 heavy (non-hydrogen) atoms. The molecule has 0 bridgehead atoms. The molecule has 3 heterocycles. The smallest absolute Gasteiger partial charge is 0.273 e. The van der Waals surface area contributed by atoms with Gasteiger partial charge in [0.25, 0.3) is 5.91 Å². The Morgan fingerprint density at radius 2 is 1.94 bits per heavy atom. The third-order valence-electron chi connectivity index (χ3n) is 6.58. The first-order valence-electron chi connectivity index (χ1n) is 12.7. The zero-order valence-corrected chi connectivity index (χ0v) is 21.5. The van der Waals surface area contributed by atoms with E-state index in [1.165, 1.54) is 6.07 Å². The van der Waals surface area contributed by atoms with Crippen LogP contribution in [0.1, 0.15) is 55.7 Å². The van der Waals surface area contributed by atoms with Crippen molar-refractivity contribution >= 4 is 23.6 Å². The fourth-order valence-electron chi connectivity index (χ4n) is 4.46. The maximum atomic E-state index is 14.4. The number of ether oxygens (including phenoxy) is 1. The summed E-state index contributed by atoms with van der Waals surface area (Å²) in [7, 11) is 0. The molecule has 4 rings (SSSR count). The number of rotatable bonds is 9. The number of amides is 2. The average Bonchev–Trinajstić information content (AvgIpc) is 3.20. The molecule has 1 aromatic carbocycles. The predicted molar refractivity (Wildman–Crippen MR) is 136 cm³/mol. The minimum absolute atomic E-state index is 0.0403. The van der Waals surface area contributed by atoms with Crippen LogP contribution in [-0.2, 0) is 17.8 Å². The van der Waals surface area contributed by atoms with E-state index >= 15 is 0 Å². The quantitative estimate of drug-likeness (QED) is 0.568. The number of piperazine rings is 1. The summed E-state index contributed by atoms with van der Waals surface area (Å²) >= 11 is 0. The van der Waals surface area contributed by atoms with Crippen LogP contribution < -0.4 is 15.0 Å². The van der Waals surface area contributed by atoms with Crippen molar-refractivity contribution in [3.8, 4) is 5.75 Å². The van der Waals surface area contributed by atoms with Crippen molar-refractivity contribution in [3.05, 3.63) is 40.8 Å². The molecular formula is C26H35FN6O3. The van der Waals surface area contributed by atoms with Crippen LogP contribution in [0.4, 0.5) is 16.2 Å². The van der Waals surface area contributed by atoms with Gasteiger partial charge in [-0.2, -0.15) is 4.98 Å². The largest absolute Gasteiger partial charge is 0.491 e. The van der Waals surface area contributed by atoms with Crippen molar-refractivity contribution in [1.29, 1.82) is 0 Å². The van der Waals surface area contributed by atoms with Crippen LogP contribution in [0.3, 0.4) is 0 Å². The molecule has 2 aromatic rings. The van der Waals surface area contributed by atoms with Gasteiger partial charge in [0.15, 0.2) is 11.6 Å². The molecule has 2 aliphatic heterocycles. The lowest BCUT2D eigenvalue weighted by atomic mass is 10.1. The first-order valence-corrected chi connectivity index (χ1v) is 12.7. The lowest BCUT2D eigenvalue weighted by Crippen LogP contribution is -2.48. The number of carbonyl (C=O) groups is 2. The van der Waals surface area contributed by atoms with Gasteiger partial charge in [-0.1, -0.05) is 13.0 Å². The molecule has 0 atom stereocenters.